The fraction of sp³-hybridized carbons (Fsp3) is 0.538. The molecule has 0 saturated carbocycles. The summed E-state index contributed by atoms with van der Waals surface area (Å²) in [6.07, 6.45) is 0.287. The van der Waals surface area contributed by atoms with Gasteiger partial charge in [-0.05, 0) is 26.2 Å². The first-order valence-corrected chi connectivity index (χ1v) is 6.07. The van der Waals surface area contributed by atoms with E-state index >= 15 is 0 Å². The monoisotopic (exact) mass is 235 g/mol. The third-order valence-electron chi connectivity index (χ3n) is 2.77. The van der Waals surface area contributed by atoms with E-state index in [-0.39, 0.29) is 6.10 Å². The molecule has 1 aliphatic rings. The third kappa shape index (κ3) is 4.00. The second kappa shape index (κ2) is 6.00. The Balaban J connectivity index is 1.85. The van der Waals surface area contributed by atoms with Crippen LogP contribution in [0.1, 0.15) is 0 Å². The minimum atomic E-state index is 0.287. The molecule has 1 fully saturated rings. The molecule has 0 amide bonds. The van der Waals surface area contributed by atoms with Gasteiger partial charge in [-0.15, -0.1) is 0 Å². The van der Waals surface area contributed by atoms with Crippen molar-refractivity contribution in [3.05, 3.63) is 30.3 Å². The number of morpholine rings is 1. The lowest BCUT2D eigenvalue weighted by atomic mass is 10.3. The Morgan fingerprint density at radius 3 is 2.82 bits per heavy atom. The average molecular weight is 235 g/mol. The van der Waals surface area contributed by atoms with Crippen LogP contribution in [-0.4, -0.2) is 56.3 Å². The number of anilines is 1. The van der Waals surface area contributed by atoms with Gasteiger partial charge in [-0.3, -0.25) is 0 Å². The van der Waals surface area contributed by atoms with Crippen LogP contribution in [0.25, 0.3) is 0 Å². The summed E-state index contributed by atoms with van der Waals surface area (Å²) in [5.41, 5.74) is 4.56. The molecule has 1 aliphatic heterocycles. The molecule has 1 saturated heterocycles. The van der Waals surface area contributed by atoms with Crippen molar-refractivity contribution >= 4 is 5.69 Å². The van der Waals surface area contributed by atoms with Crippen molar-refractivity contribution in [2.75, 3.05) is 45.8 Å². The van der Waals surface area contributed by atoms with E-state index < -0.39 is 0 Å². The van der Waals surface area contributed by atoms with Crippen molar-refractivity contribution in [2.45, 2.75) is 6.10 Å². The van der Waals surface area contributed by atoms with E-state index in [2.05, 4.69) is 41.6 Å². The maximum Gasteiger partial charge on any atom is 0.0847 e. The van der Waals surface area contributed by atoms with Crippen molar-refractivity contribution < 1.29 is 4.74 Å². The fourth-order valence-electron chi connectivity index (χ4n) is 2.03. The number of benzene rings is 1. The van der Waals surface area contributed by atoms with Gasteiger partial charge in [0.1, 0.15) is 0 Å². The highest BCUT2D eigenvalue weighted by Crippen LogP contribution is 2.10. The zero-order valence-corrected chi connectivity index (χ0v) is 10.6. The Kier molecular flexibility index (Phi) is 4.36. The van der Waals surface area contributed by atoms with Gasteiger partial charge in [-0.25, -0.2) is 5.01 Å². The molecule has 1 atom stereocenters. The number of nitrogens with one attached hydrogen (secondary N) is 1. The quantitative estimate of drug-likeness (QED) is 0.850. The third-order valence-corrected chi connectivity index (χ3v) is 2.77. The molecular formula is C13H21N3O. The summed E-state index contributed by atoms with van der Waals surface area (Å²) in [6.45, 7) is 3.61. The first kappa shape index (κ1) is 12.4. The Hall–Kier alpha value is -1.10. The molecule has 1 aromatic rings. The molecule has 1 N–H and O–H groups in total. The summed E-state index contributed by atoms with van der Waals surface area (Å²) >= 11 is 0. The molecule has 0 spiro atoms. The van der Waals surface area contributed by atoms with Gasteiger partial charge in [-0.1, -0.05) is 18.2 Å². The number of hydrogen-bond acceptors (Lipinski definition) is 4. The van der Waals surface area contributed by atoms with Gasteiger partial charge in [0.05, 0.1) is 12.7 Å². The lowest BCUT2D eigenvalue weighted by Crippen LogP contribution is -2.48. The van der Waals surface area contributed by atoms with Crippen LogP contribution in [0.3, 0.4) is 0 Å². The van der Waals surface area contributed by atoms with Crippen molar-refractivity contribution in [3.63, 3.8) is 0 Å². The molecule has 0 bridgehead atoms. The second-order valence-corrected chi connectivity index (χ2v) is 4.68. The molecule has 0 radical (unpaired) electrons. The Morgan fingerprint density at radius 2 is 2.12 bits per heavy atom. The van der Waals surface area contributed by atoms with Gasteiger partial charge in [0.15, 0.2) is 0 Å². The minimum Gasteiger partial charge on any atom is -0.374 e. The van der Waals surface area contributed by atoms with Gasteiger partial charge in [0.2, 0.25) is 0 Å². The number of ether oxygens (including phenoxy) is 1. The Bertz CT molecular complexity index is 329. The van der Waals surface area contributed by atoms with Crippen LogP contribution in [-0.2, 0) is 4.74 Å². The van der Waals surface area contributed by atoms with Crippen LogP contribution in [0.5, 0.6) is 0 Å². The predicted octanol–water partition coefficient (Wildman–Crippen LogP) is 1.28. The summed E-state index contributed by atoms with van der Waals surface area (Å²) < 4.78 is 5.73. The predicted molar refractivity (Wildman–Crippen MR) is 69.9 cm³/mol. The summed E-state index contributed by atoms with van der Waals surface area (Å²) in [5, 5.41) is 2.23. The van der Waals surface area contributed by atoms with E-state index in [4.69, 9.17) is 4.74 Å². The Morgan fingerprint density at radius 1 is 1.35 bits per heavy atom. The van der Waals surface area contributed by atoms with Gasteiger partial charge in [0.25, 0.3) is 0 Å². The topological polar surface area (TPSA) is 27.7 Å². The number of hydrogen-bond donors (Lipinski definition) is 1. The summed E-state index contributed by atoms with van der Waals surface area (Å²) in [5.74, 6) is 0. The highest BCUT2D eigenvalue weighted by atomic mass is 16.5. The zero-order chi connectivity index (χ0) is 12.1. The molecule has 94 valence electrons. The smallest absolute Gasteiger partial charge is 0.0847 e. The van der Waals surface area contributed by atoms with Crippen LogP contribution in [0.15, 0.2) is 30.3 Å². The highest BCUT2D eigenvalue weighted by Gasteiger charge is 2.20. The summed E-state index contributed by atoms with van der Waals surface area (Å²) in [6, 6.07) is 10.3. The number of likely N-dealkylation sites (N-methyl/N-ethyl adjacent to an activating group) is 1. The van der Waals surface area contributed by atoms with Gasteiger partial charge in [-0.2, -0.15) is 0 Å². The van der Waals surface area contributed by atoms with Crippen LogP contribution in [0, 0.1) is 0 Å². The van der Waals surface area contributed by atoms with Crippen molar-refractivity contribution in [3.8, 4) is 0 Å². The van der Waals surface area contributed by atoms with Gasteiger partial charge >= 0.3 is 0 Å². The van der Waals surface area contributed by atoms with E-state index in [9.17, 15) is 0 Å². The first-order valence-electron chi connectivity index (χ1n) is 6.07. The molecule has 1 unspecified atom stereocenters. The van der Waals surface area contributed by atoms with E-state index in [0.717, 1.165) is 31.9 Å². The lowest BCUT2D eigenvalue weighted by Gasteiger charge is -2.34. The molecule has 0 aromatic heterocycles. The summed E-state index contributed by atoms with van der Waals surface area (Å²) in [7, 11) is 4.15. The average Bonchev–Trinajstić information content (AvgIpc) is 2.30. The maximum atomic E-state index is 5.73. The van der Waals surface area contributed by atoms with E-state index in [1.165, 1.54) is 0 Å². The molecule has 0 aliphatic carbocycles. The second-order valence-electron chi connectivity index (χ2n) is 4.68. The van der Waals surface area contributed by atoms with Crippen molar-refractivity contribution in [1.82, 2.24) is 9.91 Å². The number of para-hydroxylation sites is 1. The van der Waals surface area contributed by atoms with Crippen molar-refractivity contribution in [2.24, 2.45) is 0 Å². The highest BCUT2D eigenvalue weighted by molar-refractivity contribution is 5.41. The van der Waals surface area contributed by atoms with Crippen LogP contribution < -0.4 is 5.43 Å². The van der Waals surface area contributed by atoms with Crippen LogP contribution in [0.2, 0.25) is 0 Å². The van der Waals surface area contributed by atoms with Gasteiger partial charge < -0.3 is 15.1 Å². The summed E-state index contributed by atoms with van der Waals surface area (Å²) in [4.78, 5) is 2.16. The molecular weight excluding hydrogens is 214 g/mol. The van der Waals surface area contributed by atoms with Gasteiger partial charge in [0, 0.05) is 25.3 Å². The molecule has 4 nitrogen and oxygen atoms in total. The van der Waals surface area contributed by atoms with Crippen LogP contribution >= 0.6 is 0 Å². The number of rotatable bonds is 4. The van der Waals surface area contributed by atoms with Crippen molar-refractivity contribution in [1.29, 1.82) is 0 Å². The molecule has 2 rings (SSSR count). The van der Waals surface area contributed by atoms with E-state index in [1.807, 2.05) is 18.2 Å². The standard InChI is InChI=1S/C13H21N3O/c1-15(2)10-13-11-16(8-9-17-13)14-12-6-4-3-5-7-12/h3-7,13-14H,8-11H2,1-2H3. The largest absolute Gasteiger partial charge is 0.374 e. The SMILES string of the molecule is CN(C)CC1CN(Nc2ccccc2)CCO1. The number of hydrazine groups is 1. The molecule has 1 aromatic carbocycles. The normalized spacial score (nSPS) is 21.7. The van der Waals surface area contributed by atoms with E-state index in [1.54, 1.807) is 0 Å². The zero-order valence-electron chi connectivity index (χ0n) is 10.6. The molecule has 1 heterocycles. The number of nitrogens with zero attached hydrogens (tertiary/aromatic N) is 2. The van der Waals surface area contributed by atoms with Crippen LogP contribution in [0.4, 0.5) is 5.69 Å². The van der Waals surface area contributed by atoms with E-state index in [0.29, 0.717) is 0 Å². The molecule has 4 heteroatoms. The first-order chi connectivity index (χ1) is 8.24. The minimum absolute atomic E-state index is 0.287. The fourth-order valence-corrected chi connectivity index (χ4v) is 2.03. The lowest BCUT2D eigenvalue weighted by molar-refractivity contribution is -0.0301. The maximum absolute atomic E-state index is 5.73. The molecule has 17 heavy (non-hydrogen) atoms. The Labute approximate surface area is 103 Å².